The van der Waals surface area contributed by atoms with Crippen LogP contribution in [0.15, 0.2) is 36.5 Å². The molecule has 3 rings (SSSR count). The number of aliphatic carboxylic acids is 1. The van der Waals surface area contributed by atoms with Gasteiger partial charge < -0.3 is 14.6 Å². The van der Waals surface area contributed by atoms with E-state index in [-0.39, 0.29) is 18.4 Å². The van der Waals surface area contributed by atoms with Gasteiger partial charge in [0, 0.05) is 12.8 Å². The SMILES string of the molecule is CCO[C@@H](CC(=O)O)c1ccc(OC2CCc3c(C(F)(F)F)ccnc32)cc1. The van der Waals surface area contributed by atoms with Gasteiger partial charge in [-0.2, -0.15) is 13.2 Å². The molecular formula is C20H20F3NO4. The van der Waals surface area contributed by atoms with Crippen molar-refractivity contribution in [2.45, 2.75) is 44.6 Å². The molecule has 0 saturated heterocycles. The van der Waals surface area contributed by atoms with E-state index in [1.807, 2.05) is 0 Å². The van der Waals surface area contributed by atoms with Crippen LogP contribution < -0.4 is 4.74 Å². The number of fused-ring (bicyclic) bond motifs is 1. The Morgan fingerprint density at radius 2 is 2.00 bits per heavy atom. The van der Waals surface area contributed by atoms with E-state index < -0.39 is 29.9 Å². The van der Waals surface area contributed by atoms with Gasteiger partial charge in [-0.25, -0.2) is 0 Å². The Hall–Kier alpha value is -2.61. The Balaban J connectivity index is 1.75. The third-order valence-corrected chi connectivity index (χ3v) is 4.61. The molecule has 1 aromatic heterocycles. The Morgan fingerprint density at radius 1 is 1.29 bits per heavy atom. The van der Waals surface area contributed by atoms with Crippen LogP contribution in [0, 0.1) is 0 Å². The zero-order valence-corrected chi connectivity index (χ0v) is 15.2. The van der Waals surface area contributed by atoms with Crippen LogP contribution in [-0.2, 0) is 22.1 Å². The number of halogens is 3. The Bertz CT molecular complexity index is 836. The largest absolute Gasteiger partial charge is 0.484 e. The average Bonchev–Trinajstić information content (AvgIpc) is 3.04. The van der Waals surface area contributed by atoms with E-state index in [9.17, 15) is 18.0 Å². The second-order valence-electron chi connectivity index (χ2n) is 6.48. The highest BCUT2D eigenvalue weighted by Gasteiger charge is 2.38. The Morgan fingerprint density at radius 3 is 2.61 bits per heavy atom. The number of pyridine rings is 1. The van der Waals surface area contributed by atoms with Gasteiger partial charge in [-0.1, -0.05) is 12.1 Å². The fourth-order valence-corrected chi connectivity index (χ4v) is 3.40. The van der Waals surface area contributed by atoms with E-state index in [0.29, 0.717) is 30.0 Å². The van der Waals surface area contributed by atoms with Crippen molar-refractivity contribution in [3.63, 3.8) is 0 Å². The van der Waals surface area contributed by atoms with Gasteiger partial charge in [0.25, 0.3) is 0 Å². The normalized spacial score (nSPS) is 17.2. The average molecular weight is 395 g/mol. The molecule has 1 aliphatic rings. The topological polar surface area (TPSA) is 68.7 Å². The van der Waals surface area contributed by atoms with Crippen molar-refractivity contribution >= 4 is 5.97 Å². The summed E-state index contributed by atoms with van der Waals surface area (Å²) in [7, 11) is 0. The van der Waals surface area contributed by atoms with Gasteiger partial charge in [-0.15, -0.1) is 0 Å². The summed E-state index contributed by atoms with van der Waals surface area (Å²) in [5, 5.41) is 9.00. The smallest absolute Gasteiger partial charge is 0.416 e. The second kappa shape index (κ2) is 8.18. The molecule has 8 heteroatoms. The van der Waals surface area contributed by atoms with Gasteiger partial charge >= 0.3 is 12.1 Å². The molecule has 5 nitrogen and oxygen atoms in total. The summed E-state index contributed by atoms with van der Waals surface area (Å²) in [5.74, 6) is -0.487. The van der Waals surface area contributed by atoms with Crippen molar-refractivity contribution < 1.29 is 32.5 Å². The molecule has 0 saturated carbocycles. The monoisotopic (exact) mass is 395 g/mol. The first-order valence-corrected chi connectivity index (χ1v) is 8.94. The third-order valence-electron chi connectivity index (χ3n) is 4.61. The Kier molecular flexibility index (Phi) is 5.88. The summed E-state index contributed by atoms with van der Waals surface area (Å²) in [6, 6.07) is 7.72. The van der Waals surface area contributed by atoms with Crippen LogP contribution in [-0.4, -0.2) is 22.7 Å². The van der Waals surface area contributed by atoms with E-state index in [2.05, 4.69) is 4.98 Å². The quantitative estimate of drug-likeness (QED) is 0.735. The molecule has 0 bridgehead atoms. The summed E-state index contributed by atoms with van der Waals surface area (Å²) >= 11 is 0. The standard InChI is InChI=1S/C20H20F3NO4/c1-2-27-17(11-18(25)26)12-3-5-13(6-4-12)28-16-8-7-14-15(20(21,22)23)9-10-24-19(14)16/h3-6,9-10,16-17H,2,7-8,11H2,1H3,(H,25,26)/t16?,17-/m0/s1. The number of carbonyl (C=O) groups is 1. The van der Waals surface area contributed by atoms with Crippen LogP contribution in [0.25, 0.3) is 0 Å². The highest BCUT2D eigenvalue weighted by atomic mass is 19.4. The molecule has 28 heavy (non-hydrogen) atoms. The third kappa shape index (κ3) is 4.44. The summed E-state index contributed by atoms with van der Waals surface area (Å²) < 4.78 is 50.8. The number of hydrogen-bond acceptors (Lipinski definition) is 4. The summed E-state index contributed by atoms with van der Waals surface area (Å²) in [5.41, 5.74) is 0.541. The van der Waals surface area contributed by atoms with Crippen LogP contribution in [0.5, 0.6) is 5.75 Å². The van der Waals surface area contributed by atoms with E-state index in [0.717, 1.165) is 12.3 Å². The molecule has 2 atom stereocenters. The number of ether oxygens (including phenoxy) is 2. The molecule has 0 radical (unpaired) electrons. The number of hydrogen-bond donors (Lipinski definition) is 1. The van der Waals surface area contributed by atoms with Gasteiger partial charge in [0.2, 0.25) is 0 Å². The Labute approximate surface area is 160 Å². The van der Waals surface area contributed by atoms with Crippen LogP contribution in [0.4, 0.5) is 13.2 Å². The second-order valence-corrected chi connectivity index (χ2v) is 6.48. The molecule has 1 aromatic carbocycles. The minimum Gasteiger partial charge on any atom is -0.484 e. The van der Waals surface area contributed by atoms with Gasteiger partial charge in [0.15, 0.2) is 0 Å². The van der Waals surface area contributed by atoms with Crippen molar-refractivity contribution in [2.75, 3.05) is 6.61 Å². The summed E-state index contributed by atoms with van der Waals surface area (Å²) in [6.07, 6.45) is -3.87. The van der Waals surface area contributed by atoms with E-state index >= 15 is 0 Å². The van der Waals surface area contributed by atoms with Crippen molar-refractivity contribution in [3.8, 4) is 5.75 Å². The number of alkyl halides is 3. The lowest BCUT2D eigenvalue weighted by molar-refractivity contribution is -0.140. The zero-order valence-electron chi connectivity index (χ0n) is 15.2. The van der Waals surface area contributed by atoms with Crippen molar-refractivity contribution in [1.29, 1.82) is 0 Å². The molecule has 0 fully saturated rings. The highest BCUT2D eigenvalue weighted by Crippen LogP contribution is 2.41. The van der Waals surface area contributed by atoms with Gasteiger partial charge in [0.05, 0.1) is 23.8 Å². The van der Waals surface area contributed by atoms with E-state index in [1.54, 1.807) is 31.2 Å². The predicted molar refractivity (Wildman–Crippen MR) is 94.0 cm³/mol. The number of carboxylic acids is 1. The van der Waals surface area contributed by atoms with Crippen LogP contribution in [0.3, 0.4) is 0 Å². The first-order valence-electron chi connectivity index (χ1n) is 8.94. The summed E-state index contributed by atoms with van der Waals surface area (Å²) in [6.45, 7) is 2.16. The molecular weight excluding hydrogens is 375 g/mol. The van der Waals surface area contributed by atoms with E-state index in [1.165, 1.54) is 0 Å². The fourth-order valence-electron chi connectivity index (χ4n) is 3.40. The van der Waals surface area contributed by atoms with Crippen LogP contribution in [0.2, 0.25) is 0 Å². The number of aromatic nitrogens is 1. The minimum atomic E-state index is -4.41. The van der Waals surface area contributed by atoms with Crippen molar-refractivity contribution in [1.82, 2.24) is 4.98 Å². The molecule has 150 valence electrons. The van der Waals surface area contributed by atoms with Gasteiger partial charge in [0.1, 0.15) is 11.9 Å². The van der Waals surface area contributed by atoms with E-state index in [4.69, 9.17) is 14.6 Å². The van der Waals surface area contributed by atoms with Crippen molar-refractivity contribution in [2.24, 2.45) is 0 Å². The number of benzene rings is 1. The molecule has 2 aromatic rings. The van der Waals surface area contributed by atoms with Crippen molar-refractivity contribution in [3.05, 3.63) is 58.9 Å². The lowest BCUT2D eigenvalue weighted by Gasteiger charge is -2.18. The van der Waals surface area contributed by atoms with Gasteiger partial charge in [-0.3, -0.25) is 9.78 Å². The van der Waals surface area contributed by atoms with Gasteiger partial charge in [-0.05, 0) is 49.1 Å². The molecule has 1 N–H and O–H groups in total. The maximum atomic E-state index is 13.1. The van der Waals surface area contributed by atoms with Crippen LogP contribution >= 0.6 is 0 Å². The highest BCUT2D eigenvalue weighted by molar-refractivity contribution is 5.67. The fraction of sp³-hybridized carbons (Fsp3) is 0.400. The lowest BCUT2D eigenvalue weighted by atomic mass is 10.1. The number of rotatable bonds is 7. The first-order chi connectivity index (χ1) is 13.3. The first kappa shape index (κ1) is 20.1. The molecule has 1 aliphatic carbocycles. The molecule has 1 unspecified atom stereocenters. The molecule has 1 heterocycles. The maximum absolute atomic E-state index is 13.1. The maximum Gasteiger partial charge on any atom is 0.416 e. The molecule has 0 spiro atoms. The predicted octanol–water partition coefficient (Wildman–Crippen LogP) is 4.72. The molecule has 0 aliphatic heterocycles. The summed E-state index contributed by atoms with van der Waals surface area (Å²) in [4.78, 5) is 15.1. The zero-order chi connectivity index (χ0) is 20.3. The number of carboxylic acid groups (broad SMARTS) is 1. The lowest BCUT2D eigenvalue weighted by Crippen LogP contribution is -2.11. The van der Waals surface area contributed by atoms with Crippen LogP contribution in [0.1, 0.15) is 54.4 Å². The number of nitrogens with zero attached hydrogens (tertiary/aromatic N) is 1. The molecule has 0 amide bonds. The minimum absolute atomic E-state index is 0.159.